The minimum Gasteiger partial charge on any atom is -1.00 e. The Labute approximate surface area is 123 Å². The molecule has 0 radical (unpaired) electrons. The predicted molar refractivity (Wildman–Crippen MR) is 78.8 cm³/mol. The van der Waals surface area contributed by atoms with Crippen molar-refractivity contribution in [2.45, 2.75) is 50.5 Å². The van der Waals surface area contributed by atoms with Crippen molar-refractivity contribution < 1.29 is 12.4 Å². The van der Waals surface area contributed by atoms with Gasteiger partial charge in [-0.1, -0.05) is 55.7 Å². The molecule has 0 aromatic heterocycles. The van der Waals surface area contributed by atoms with E-state index in [2.05, 4.69) is 48.3 Å². The zero-order chi connectivity index (χ0) is 12.7. The number of hydrogen-bond donors (Lipinski definition) is 1. The second-order valence-electron chi connectivity index (χ2n) is 5.50. The predicted octanol–water partition coefficient (Wildman–Crippen LogP) is 1.10. The molecule has 0 atom stereocenters. The lowest BCUT2D eigenvalue weighted by Crippen LogP contribution is -3.00. The van der Waals surface area contributed by atoms with Crippen molar-refractivity contribution in [3.8, 4) is 0 Å². The fraction of sp³-hybridized carbons (Fsp3) is 0.529. The van der Waals surface area contributed by atoms with Gasteiger partial charge in [-0.3, -0.25) is 0 Å². The lowest BCUT2D eigenvalue weighted by molar-refractivity contribution is -0.00000425. The highest BCUT2D eigenvalue weighted by atomic mass is 35.5. The minimum absolute atomic E-state index is 0. The highest BCUT2D eigenvalue weighted by Gasteiger charge is 2.29. The molecular weight excluding hydrogens is 254 g/mol. The van der Waals surface area contributed by atoms with Crippen molar-refractivity contribution in [3.05, 3.63) is 48.6 Å². The summed E-state index contributed by atoms with van der Waals surface area (Å²) < 4.78 is 0. The Morgan fingerprint density at radius 1 is 1.11 bits per heavy atom. The lowest BCUT2D eigenvalue weighted by Gasteiger charge is -2.38. The minimum atomic E-state index is 0. The maximum Gasteiger partial charge on any atom is 0.0215 e. The fourth-order valence-corrected chi connectivity index (χ4v) is 3.07. The summed E-state index contributed by atoms with van der Waals surface area (Å²) in [7, 11) is 0. The third-order valence-corrected chi connectivity index (χ3v) is 4.10. The molecule has 0 unspecified atom stereocenters. The van der Waals surface area contributed by atoms with Crippen LogP contribution < -0.4 is 17.7 Å². The Morgan fingerprint density at radius 3 is 2.42 bits per heavy atom. The molecule has 0 bridgehead atoms. The standard InChI is InChI=1S/C17H25N.ClH/c1-2-12-17(13-7-4-8-14-17)18-15-11-16-9-5-3-6-10-16;/h2-3,5-6,9-10,18H,1,4,7-8,11-15H2;1H/p-1. The van der Waals surface area contributed by atoms with Crippen molar-refractivity contribution >= 4 is 0 Å². The first-order valence-electron chi connectivity index (χ1n) is 7.24. The molecule has 1 aliphatic carbocycles. The van der Waals surface area contributed by atoms with Crippen LogP contribution in [0.2, 0.25) is 0 Å². The van der Waals surface area contributed by atoms with Gasteiger partial charge >= 0.3 is 0 Å². The molecule has 0 amide bonds. The number of nitrogens with one attached hydrogen (secondary N) is 1. The molecule has 106 valence electrons. The quantitative estimate of drug-likeness (QED) is 0.769. The highest BCUT2D eigenvalue weighted by molar-refractivity contribution is 5.15. The zero-order valence-electron chi connectivity index (χ0n) is 11.7. The SMILES string of the molecule is C=CCC1(NCCc2ccccc2)CCCCC1.[Cl-]. The molecular formula is C17H25ClN-. The van der Waals surface area contributed by atoms with E-state index in [1.807, 2.05) is 0 Å². The second kappa shape index (κ2) is 8.39. The molecule has 1 aromatic carbocycles. The summed E-state index contributed by atoms with van der Waals surface area (Å²) in [6.07, 6.45) is 11.1. The van der Waals surface area contributed by atoms with Crippen LogP contribution in [0.3, 0.4) is 0 Å². The van der Waals surface area contributed by atoms with E-state index in [1.54, 1.807) is 0 Å². The molecule has 2 heteroatoms. The molecule has 19 heavy (non-hydrogen) atoms. The van der Waals surface area contributed by atoms with Crippen molar-refractivity contribution in [2.24, 2.45) is 0 Å². The molecule has 1 saturated carbocycles. The van der Waals surface area contributed by atoms with Gasteiger partial charge in [0.15, 0.2) is 0 Å². The average Bonchev–Trinajstić information content (AvgIpc) is 2.41. The van der Waals surface area contributed by atoms with Crippen LogP contribution in [-0.4, -0.2) is 12.1 Å². The van der Waals surface area contributed by atoms with Crippen LogP contribution in [0.25, 0.3) is 0 Å². The lowest BCUT2D eigenvalue weighted by atomic mass is 9.79. The van der Waals surface area contributed by atoms with Crippen molar-refractivity contribution in [1.82, 2.24) is 5.32 Å². The largest absolute Gasteiger partial charge is 1.00 e. The van der Waals surface area contributed by atoms with E-state index in [1.165, 1.54) is 37.7 Å². The van der Waals surface area contributed by atoms with Crippen LogP contribution in [-0.2, 0) is 6.42 Å². The Kier molecular flexibility index (Phi) is 7.19. The van der Waals surface area contributed by atoms with Gasteiger partial charge in [0.2, 0.25) is 0 Å². The first kappa shape index (κ1) is 16.3. The average molecular weight is 279 g/mol. The van der Waals surface area contributed by atoms with Gasteiger partial charge in [-0.2, -0.15) is 0 Å². The van der Waals surface area contributed by atoms with Crippen LogP contribution in [0.15, 0.2) is 43.0 Å². The summed E-state index contributed by atoms with van der Waals surface area (Å²) in [5, 5.41) is 3.81. The Hall–Kier alpha value is -0.790. The molecule has 1 fully saturated rings. The highest BCUT2D eigenvalue weighted by Crippen LogP contribution is 2.31. The number of halogens is 1. The molecule has 0 saturated heterocycles. The van der Waals surface area contributed by atoms with Crippen molar-refractivity contribution in [3.63, 3.8) is 0 Å². The van der Waals surface area contributed by atoms with Gasteiger partial charge in [0.05, 0.1) is 0 Å². The third kappa shape index (κ3) is 5.00. The fourth-order valence-electron chi connectivity index (χ4n) is 3.07. The van der Waals surface area contributed by atoms with Gasteiger partial charge in [0.25, 0.3) is 0 Å². The molecule has 1 aromatic rings. The molecule has 0 spiro atoms. The smallest absolute Gasteiger partial charge is 0.0215 e. The van der Waals surface area contributed by atoms with Gasteiger partial charge in [0, 0.05) is 5.54 Å². The molecule has 1 aliphatic rings. The normalized spacial score (nSPS) is 17.5. The Balaban J connectivity index is 0.00000180. The Bertz CT molecular complexity index is 355. The molecule has 1 N–H and O–H groups in total. The third-order valence-electron chi connectivity index (χ3n) is 4.10. The second-order valence-corrected chi connectivity index (χ2v) is 5.50. The van der Waals surface area contributed by atoms with E-state index in [0.717, 1.165) is 19.4 Å². The van der Waals surface area contributed by atoms with Crippen molar-refractivity contribution in [1.29, 1.82) is 0 Å². The summed E-state index contributed by atoms with van der Waals surface area (Å²) in [6, 6.07) is 10.7. The summed E-state index contributed by atoms with van der Waals surface area (Å²) in [4.78, 5) is 0. The van der Waals surface area contributed by atoms with E-state index in [9.17, 15) is 0 Å². The maximum atomic E-state index is 3.93. The van der Waals surface area contributed by atoms with E-state index in [-0.39, 0.29) is 12.4 Å². The Morgan fingerprint density at radius 2 is 1.79 bits per heavy atom. The molecule has 0 heterocycles. The van der Waals surface area contributed by atoms with E-state index >= 15 is 0 Å². The number of hydrogen-bond acceptors (Lipinski definition) is 1. The topological polar surface area (TPSA) is 12.0 Å². The number of benzene rings is 1. The van der Waals surface area contributed by atoms with Gasteiger partial charge in [0.1, 0.15) is 0 Å². The zero-order valence-corrected chi connectivity index (χ0v) is 12.5. The van der Waals surface area contributed by atoms with E-state index in [4.69, 9.17) is 0 Å². The summed E-state index contributed by atoms with van der Waals surface area (Å²) >= 11 is 0. The van der Waals surface area contributed by atoms with Gasteiger partial charge < -0.3 is 17.7 Å². The first-order chi connectivity index (χ1) is 8.85. The summed E-state index contributed by atoms with van der Waals surface area (Å²) in [5.41, 5.74) is 1.77. The van der Waals surface area contributed by atoms with Crippen LogP contribution in [0, 0.1) is 0 Å². The van der Waals surface area contributed by atoms with Gasteiger partial charge in [-0.15, -0.1) is 6.58 Å². The van der Waals surface area contributed by atoms with Gasteiger partial charge in [-0.05, 0) is 37.8 Å². The monoisotopic (exact) mass is 278 g/mol. The van der Waals surface area contributed by atoms with Crippen molar-refractivity contribution in [2.75, 3.05) is 6.54 Å². The summed E-state index contributed by atoms with van der Waals surface area (Å²) in [5.74, 6) is 0. The van der Waals surface area contributed by atoms with Crippen LogP contribution in [0.1, 0.15) is 44.1 Å². The first-order valence-corrected chi connectivity index (χ1v) is 7.24. The van der Waals surface area contributed by atoms with Crippen LogP contribution in [0.4, 0.5) is 0 Å². The van der Waals surface area contributed by atoms with E-state index < -0.39 is 0 Å². The maximum absolute atomic E-state index is 3.93. The van der Waals surface area contributed by atoms with Crippen LogP contribution in [0.5, 0.6) is 0 Å². The van der Waals surface area contributed by atoms with Gasteiger partial charge in [-0.25, -0.2) is 0 Å². The summed E-state index contributed by atoms with van der Waals surface area (Å²) in [6.45, 7) is 5.01. The number of rotatable bonds is 6. The van der Waals surface area contributed by atoms with Crippen LogP contribution >= 0.6 is 0 Å². The molecule has 2 rings (SSSR count). The van der Waals surface area contributed by atoms with E-state index in [0.29, 0.717) is 5.54 Å². The molecule has 0 aliphatic heterocycles. The molecule has 1 nitrogen and oxygen atoms in total.